The minimum Gasteiger partial charge on any atom is -0.309 e. The van der Waals surface area contributed by atoms with Crippen molar-refractivity contribution < 1.29 is 0 Å². The zero-order valence-corrected chi connectivity index (χ0v) is 13.1. The maximum absolute atomic E-state index is 3.53. The molecule has 0 radical (unpaired) electrons. The van der Waals surface area contributed by atoms with E-state index in [1.807, 2.05) is 7.05 Å². The van der Waals surface area contributed by atoms with Crippen molar-refractivity contribution in [3.63, 3.8) is 0 Å². The Morgan fingerprint density at radius 1 is 1.28 bits per heavy atom. The summed E-state index contributed by atoms with van der Waals surface area (Å²) >= 11 is 5.27. The first-order valence-electron chi connectivity index (χ1n) is 6.24. The van der Waals surface area contributed by atoms with Gasteiger partial charge in [-0.15, -0.1) is 11.3 Å². The molecule has 3 heteroatoms. The fourth-order valence-corrected chi connectivity index (χ4v) is 3.42. The van der Waals surface area contributed by atoms with Crippen molar-refractivity contribution in [2.45, 2.75) is 25.8 Å². The Labute approximate surface area is 121 Å². The summed E-state index contributed by atoms with van der Waals surface area (Å²) in [7, 11) is 2.02. The molecule has 1 heterocycles. The van der Waals surface area contributed by atoms with Crippen LogP contribution in [0.15, 0.2) is 39.5 Å². The van der Waals surface area contributed by atoms with Crippen LogP contribution < -0.4 is 5.32 Å². The first-order chi connectivity index (χ1) is 8.74. The van der Waals surface area contributed by atoms with Gasteiger partial charge < -0.3 is 5.32 Å². The molecule has 0 aliphatic carbocycles. The number of thiophene rings is 1. The average Bonchev–Trinajstić information content (AvgIpc) is 2.78. The monoisotopic (exact) mass is 323 g/mol. The predicted molar refractivity (Wildman–Crippen MR) is 83.4 cm³/mol. The molecule has 1 N–H and O–H groups in total. The molecule has 0 fully saturated rings. The van der Waals surface area contributed by atoms with Gasteiger partial charge in [0, 0.05) is 0 Å². The van der Waals surface area contributed by atoms with Crippen molar-refractivity contribution in [3.05, 3.63) is 56.2 Å². The zero-order chi connectivity index (χ0) is 13.0. The number of hydrogen-bond acceptors (Lipinski definition) is 2. The van der Waals surface area contributed by atoms with Crippen molar-refractivity contribution >= 4 is 27.3 Å². The highest BCUT2D eigenvalue weighted by Crippen LogP contribution is 2.29. The number of hydrogen-bond donors (Lipinski definition) is 1. The van der Waals surface area contributed by atoms with E-state index in [9.17, 15) is 0 Å². The number of aryl methyl sites for hydroxylation is 1. The molecule has 1 atom stereocenters. The first kappa shape index (κ1) is 13.8. The van der Waals surface area contributed by atoms with Crippen LogP contribution in [0.1, 0.15) is 36.1 Å². The van der Waals surface area contributed by atoms with Crippen LogP contribution >= 0.6 is 27.3 Å². The van der Waals surface area contributed by atoms with Gasteiger partial charge in [0.15, 0.2) is 0 Å². The highest BCUT2D eigenvalue weighted by atomic mass is 79.9. The molecule has 2 rings (SSSR count). The normalized spacial score (nSPS) is 12.6. The summed E-state index contributed by atoms with van der Waals surface area (Å²) in [6.07, 6.45) is 2.34. The number of benzene rings is 1. The standard InChI is InChI=1S/C15H18BrNS/c1-3-5-11-6-4-7-12(8-11)15(17-2)13-9-14(16)18-10-13/h4,6-10,15,17H,3,5H2,1-2H3. The van der Waals surface area contributed by atoms with E-state index in [0.29, 0.717) is 0 Å². The van der Waals surface area contributed by atoms with Crippen molar-refractivity contribution in [3.8, 4) is 0 Å². The Balaban J connectivity index is 2.29. The lowest BCUT2D eigenvalue weighted by Crippen LogP contribution is -2.17. The second-order valence-electron chi connectivity index (χ2n) is 4.40. The molecule has 1 aromatic heterocycles. The molecule has 0 aliphatic heterocycles. The molecule has 0 saturated heterocycles. The number of nitrogens with one attached hydrogen (secondary N) is 1. The molecular formula is C15H18BrNS. The van der Waals surface area contributed by atoms with Gasteiger partial charge in [-0.1, -0.05) is 37.6 Å². The Hall–Kier alpha value is -0.640. The van der Waals surface area contributed by atoms with Gasteiger partial charge in [0.1, 0.15) is 0 Å². The van der Waals surface area contributed by atoms with Crippen LogP contribution in [0.3, 0.4) is 0 Å². The topological polar surface area (TPSA) is 12.0 Å². The van der Waals surface area contributed by atoms with E-state index in [1.165, 1.54) is 26.9 Å². The molecule has 0 saturated carbocycles. The van der Waals surface area contributed by atoms with Crippen LogP contribution in [0.25, 0.3) is 0 Å². The third-order valence-electron chi connectivity index (χ3n) is 3.03. The molecule has 1 nitrogen and oxygen atoms in total. The Morgan fingerprint density at radius 3 is 2.72 bits per heavy atom. The van der Waals surface area contributed by atoms with Gasteiger partial charge in [-0.05, 0) is 57.5 Å². The van der Waals surface area contributed by atoms with E-state index in [1.54, 1.807) is 11.3 Å². The van der Waals surface area contributed by atoms with Gasteiger partial charge in [0.05, 0.1) is 9.83 Å². The van der Waals surface area contributed by atoms with Gasteiger partial charge in [-0.3, -0.25) is 0 Å². The van der Waals surface area contributed by atoms with Crippen LogP contribution in [0.5, 0.6) is 0 Å². The van der Waals surface area contributed by atoms with Gasteiger partial charge >= 0.3 is 0 Å². The van der Waals surface area contributed by atoms with Crippen LogP contribution in [0, 0.1) is 0 Å². The van der Waals surface area contributed by atoms with E-state index in [-0.39, 0.29) is 6.04 Å². The molecule has 18 heavy (non-hydrogen) atoms. The third-order valence-corrected chi connectivity index (χ3v) is 4.56. The Morgan fingerprint density at radius 2 is 2.11 bits per heavy atom. The summed E-state index contributed by atoms with van der Waals surface area (Å²) in [6.45, 7) is 2.22. The Bertz CT molecular complexity index is 507. The maximum Gasteiger partial charge on any atom is 0.0701 e. The second-order valence-corrected chi connectivity index (χ2v) is 6.69. The van der Waals surface area contributed by atoms with Crippen molar-refractivity contribution in [2.24, 2.45) is 0 Å². The maximum atomic E-state index is 3.53. The molecule has 2 aromatic rings. The van der Waals surface area contributed by atoms with Crippen molar-refractivity contribution in [1.82, 2.24) is 5.32 Å². The van der Waals surface area contributed by atoms with E-state index in [0.717, 1.165) is 6.42 Å². The summed E-state index contributed by atoms with van der Waals surface area (Å²) in [4.78, 5) is 0. The fourth-order valence-electron chi connectivity index (χ4n) is 2.22. The summed E-state index contributed by atoms with van der Waals surface area (Å²) < 4.78 is 1.18. The predicted octanol–water partition coefficient (Wildman–Crippen LogP) is 4.77. The first-order valence-corrected chi connectivity index (χ1v) is 7.92. The average molecular weight is 324 g/mol. The van der Waals surface area contributed by atoms with Crippen LogP contribution in [0.4, 0.5) is 0 Å². The van der Waals surface area contributed by atoms with Crippen LogP contribution in [0.2, 0.25) is 0 Å². The molecule has 1 unspecified atom stereocenters. The van der Waals surface area contributed by atoms with Gasteiger partial charge in [-0.25, -0.2) is 0 Å². The zero-order valence-electron chi connectivity index (χ0n) is 10.7. The van der Waals surface area contributed by atoms with E-state index < -0.39 is 0 Å². The molecule has 0 aliphatic rings. The van der Waals surface area contributed by atoms with Crippen LogP contribution in [-0.4, -0.2) is 7.05 Å². The van der Waals surface area contributed by atoms with Gasteiger partial charge in [0.25, 0.3) is 0 Å². The highest BCUT2D eigenvalue weighted by molar-refractivity contribution is 9.11. The lowest BCUT2D eigenvalue weighted by atomic mass is 9.98. The number of halogens is 1. The summed E-state index contributed by atoms with van der Waals surface area (Å²) in [5.74, 6) is 0. The smallest absolute Gasteiger partial charge is 0.0701 e. The molecule has 96 valence electrons. The number of rotatable bonds is 5. The quantitative estimate of drug-likeness (QED) is 0.835. The van der Waals surface area contributed by atoms with Gasteiger partial charge in [0.2, 0.25) is 0 Å². The highest BCUT2D eigenvalue weighted by Gasteiger charge is 2.13. The van der Waals surface area contributed by atoms with Crippen molar-refractivity contribution in [1.29, 1.82) is 0 Å². The minimum absolute atomic E-state index is 0.282. The molecule has 0 spiro atoms. The fraction of sp³-hybridized carbons (Fsp3) is 0.333. The van der Waals surface area contributed by atoms with Crippen LogP contribution in [-0.2, 0) is 6.42 Å². The third kappa shape index (κ3) is 3.22. The lowest BCUT2D eigenvalue weighted by Gasteiger charge is -2.16. The Kier molecular flexibility index (Phi) is 4.98. The minimum atomic E-state index is 0.282. The lowest BCUT2D eigenvalue weighted by molar-refractivity contribution is 0.692. The largest absolute Gasteiger partial charge is 0.309 e. The summed E-state index contributed by atoms with van der Waals surface area (Å²) in [6, 6.07) is 11.4. The second kappa shape index (κ2) is 6.50. The molecule has 0 bridgehead atoms. The SMILES string of the molecule is CCCc1cccc(C(NC)c2csc(Br)c2)c1. The van der Waals surface area contributed by atoms with Gasteiger partial charge in [-0.2, -0.15) is 0 Å². The van der Waals surface area contributed by atoms with E-state index in [2.05, 4.69) is 63.9 Å². The van der Waals surface area contributed by atoms with E-state index in [4.69, 9.17) is 0 Å². The van der Waals surface area contributed by atoms with E-state index >= 15 is 0 Å². The van der Waals surface area contributed by atoms with Crippen molar-refractivity contribution in [2.75, 3.05) is 7.05 Å². The summed E-state index contributed by atoms with van der Waals surface area (Å²) in [5.41, 5.74) is 4.08. The molecule has 1 aromatic carbocycles. The summed E-state index contributed by atoms with van der Waals surface area (Å²) in [5, 5.41) is 5.61. The molecule has 0 amide bonds. The molecular weight excluding hydrogens is 306 g/mol.